The summed E-state index contributed by atoms with van der Waals surface area (Å²) in [5.41, 5.74) is 8.11. The highest BCUT2D eigenvalue weighted by molar-refractivity contribution is 5.97. The number of aromatic amines is 2. The van der Waals surface area contributed by atoms with E-state index in [4.69, 9.17) is 4.98 Å². The largest absolute Gasteiger partial charge is 0.335 e. The van der Waals surface area contributed by atoms with E-state index in [9.17, 15) is 4.39 Å². The van der Waals surface area contributed by atoms with Gasteiger partial charge in [-0.3, -0.25) is 10.1 Å². The van der Waals surface area contributed by atoms with Gasteiger partial charge in [-0.25, -0.2) is 14.4 Å². The molecule has 0 bridgehead atoms. The van der Waals surface area contributed by atoms with E-state index in [1.165, 1.54) is 43.4 Å². The Balaban J connectivity index is 1.20. The molecule has 6 aromatic rings. The van der Waals surface area contributed by atoms with Crippen LogP contribution in [0.3, 0.4) is 0 Å². The van der Waals surface area contributed by atoms with Crippen LogP contribution in [0.25, 0.3) is 55.8 Å². The molecule has 2 aromatic carbocycles. The van der Waals surface area contributed by atoms with Crippen LogP contribution in [-0.2, 0) is 6.54 Å². The summed E-state index contributed by atoms with van der Waals surface area (Å²) in [5, 5.41) is 12.3. The zero-order valence-electron chi connectivity index (χ0n) is 21.4. The maximum Gasteiger partial charge on any atom is 0.178 e. The normalized spacial score (nSPS) is 14.1. The Hall–Kier alpha value is -4.43. The highest BCUT2D eigenvalue weighted by atomic mass is 19.1. The zero-order chi connectivity index (χ0) is 26.2. The van der Waals surface area contributed by atoms with E-state index in [0.29, 0.717) is 11.5 Å². The molecule has 0 radical (unpaired) electrons. The van der Waals surface area contributed by atoms with Crippen molar-refractivity contribution in [2.24, 2.45) is 5.92 Å². The summed E-state index contributed by atoms with van der Waals surface area (Å²) in [6.45, 7) is 1.89. The number of benzene rings is 2. The maximum absolute atomic E-state index is 13.5. The summed E-state index contributed by atoms with van der Waals surface area (Å²) in [5.74, 6) is 1.16. The minimum atomic E-state index is -0.269. The minimum Gasteiger partial charge on any atom is -0.335 e. The van der Waals surface area contributed by atoms with Gasteiger partial charge in [0.05, 0.1) is 11.0 Å². The molecule has 8 heteroatoms. The monoisotopic (exact) mass is 517 g/mol. The molecule has 1 fully saturated rings. The Morgan fingerprint density at radius 2 is 1.77 bits per heavy atom. The number of fused-ring (bicyclic) bond motifs is 2. The van der Waals surface area contributed by atoms with Crippen molar-refractivity contribution >= 4 is 22.1 Å². The molecule has 39 heavy (non-hydrogen) atoms. The third kappa shape index (κ3) is 4.68. The van der Waals surface area contributed by atoms with Crippen LogP contribution in [-0.4, -0.2) is 36.7 Å². The average Bonchev–Trinajstić information content (AvgIpc) is 3.73. The summed E-state index contributed by atoms with van der Waals surface area (Å²) in [7, 11) is 0. The molecule has 3 N–H and O–H groups in total. The number of halogens is 1. The van der Waals surface area contributed by atoms with Crippen LogP contribution in [0.15, 0.2) is 73.2 Å². The first-order valence-corrected chi connectivity index (χ1v) is 13.5. The molecule has 0 atom stereocenters. The van der Waals surface area contributed by atoms with Crippen molar-refractivity contribution in [1.29, 1.82) is 0 Å². The number of H-pyrrole nitrogens is 2. The van der Waals surface area contributed by atoms with E-state index < -0.39 is 0 Å². The standard InChI is InChI=1S/C31H28FN7/c32-24-8-5-21(6-9-24)25-11-12-35-30-28(25)36-31(37-30)29-26-14-22(7-10-27(26)38-39-29)23-13-20(17-34-18-23)16-33-15-19-3-1-2-4-19/h5-14,17-19,33H,1-4,15-16H2,(H,38,39)(H,35,36,37). The van der Waals surface area contributed by atoms with E-state index in [1.807, 2.05) is 24.5 Å². The summed E-state index contributed by atoms with van der Waals surface area (Å²) >= 11 is 0. The number of hydrogen-bond donors (Lipinski definition) is 3. The second-order valence-electron chi connectivity index (χ2n) is 10.3. The highest BCUT2D eigenvalue weighted by Crippen LogP contribution is 2.33. The second-order valence-corrected chi connectivity index (χ2v) is 10.3. The predicted molar refractivity (Wildman–Crippen MR) is 151 cm³/mol. The van der Waals surface area contributed by atoms with Gasteiger partial charge in [0.25, 0.3) is 0 Å². The fourth-order valence-corrected chi connectivity index (χ4v) is 5.64. The second kappa shape index (κ2) is 10.0. The highest BCUT2D eigenvalue weighted by Gasteiger charge is 2.17. The van der Waals surface area contributed by atoms with E-state index in [0.717, 1.165) is 63.4 Å². The van der Waals surface area contributed by atoms with Crippen LogP contribution in [0.5, 0.6) is 0 Å². The third-order valence-electron chi connectivity index (χ3n) is 7.70. The molecule has 0 amide bonds. The summed E-state index contributed by atoms with van der Waals surface area (Å²) in [6.07, 6.45) is 11.0. The van der Waals surface area contributed by atoms with Crippen LogP contribution in [0.2, 0.25) is 0 Å². The van der Waals surface area contributed by atoms with Crippen LogP contribution < -0.4 is 5.32 Å². The number of nitrogens with one attached hydrogen (secondary N) is 3. The van der Waals surface area contributed by atoms with Gasteiger partial charge in [0.2, 0.25) is 0 Å². The van der Waals surface area contributed by atoms with Crippen molar-refractivity contribution in [3.63, 3.8) is 0 Å². The molecular formula is C31H28FN7. The molecule has 0 saturated heterocycles. The lowest BCUT2D eigenvalue weighted by atomic mass is 10.0. The predicted octanol–water partition coefficient (Wildman–Crippen LogP) is 6.65. The maximum atomic E-state index is 13.5. The van der Waals surface area contributed by atoms with Gasteiger partial charge < -0.3 is 10.3 Å². The van der Waals surface area contributed by atoms with E-state index in [1.54, 1.807) is 18.3 Å². The lowest BCUT2D eigenvalue weighted by molar-refractivity contribution is 0.489. The molecule has 1 saturated carbocycles. The average molecular weight is 518 g/mol. The number of imidazole rings is 1. The lowest BCUT2D eigenvalue weighted by Gasteiger charge is -2.11. The van der Waals surface area contributed by atoms with Gasteiger partial charge in [-0.2, -0.15) is 5.10 Å². The topological polar surface area (TPSA) is 95.2 Å². The molecule has 4 heterocycles. The molecule has 0 spiro atoms. The van der Waals surface area contributed by atoms with Crippen molar-refractivity contribution in [1.82, 2.24) is 35.5 Å². The van der Waals surface area contributed by atoms with Gasteiger partial charge in [0.15, 0.2) is 11.5 Å². The molecule has 0 aliphatic heterocycles. The van der Waals surface area contributed by atoms with E-state index >= 15 is 0 Å². The zero-order valence-corrected chi connectivity index (χ0v) is 21.4. The summed E-state index contributed by atoms with van der Waals surface area (Å²) < 4.78 is 13.5. The first-order chi connectivity index (χ1) is 19.2. The van der Waals surface area contributed by atoms with Crippen molar-refractivity contribution < 1.29 is 4.39 Å². The van der Waals surface area contributed by atoms with Gasteiger partial charge >= 0.3 is 0 Å². The Bertz CT molecular complexity index is 1760. The van der Waals surface area contributed by atoms with Crippen LogP contribution >= 0.6 is 0 Å². The van der Waals surface area contributed by atoms with Gasteiger partial charge in [0.1, 0.15) is 11.5 Å². The number of hydrogen-bond acceptors (Lipinski definition) is 5. The summed E-state index contributed by atoms with van der Waals surface area (Å²) in [6, 6.07) is 16.8. The van der Waals surface area contributed by atoms with Gasteiger partial charge in [-0.05, 0) is 78.4 Å². The van der Waals surface area contributed by atoms with Crippen molar-refractivity contribution in [3.05, 3.63) is 84.6 Å². The van der Waals surface area contributed by atoms with Crippen LogP contribution in [0.4, 0.5) is 4.39 Å². The molecule has 1 aliphatic rings. The molecule has 7 nitrogen and oxygen atoms in total. The molecule has 0 unspecified atom stereocenters. The quantitative estimate of drug-likeness (QED) is 0.220. The van der Waals surface area contributed by atoms with Crippen molar-refractivity contribution in [3.8, 4) is 33.8 Å². The summed E-state index contributed by atoms with van der Waals surface area (Å²) in [4.78, 5) is 17.1. The minimum absolute atomic E-state index is 0.269. The Kier molecular flexibility index (Phi) is 6.09. The Labute approximate surface area is 224 Å². The molecular weight excluding hydrogens is 489 g/mol. The molecule has 4 aromatic heterocycles. The van der Waals surface area contributed by atoms with Crippen LogP contribution in [0.1, 0.15) is 31.2 Å². The Morgan fingerprint density at radius 1 is 0.923 bits per heavy atom. The fraction of sp³-hybridized carbons (Fsp3) is 0.226. The third-order valence-corrected chi connectivity index (χ3v) is 7.70. The SMILES string of the molecule is Fc1ccc(-c2ccnc3nc(-c4n[nH]c5ccc(-c6cncc(CNCC7CCCC7)c6)cc45)[nH]c23)cc1. The van der Waals surface area contributed by atoms with Gasteiger partial charge in [-0.1, -0.05) is 31.0 Å². The number of nitrogens with zero attached hydrogens (tertiary/aromatic N) is 4. The first kappa shape index (κ1) is 23.7. The van der Waals surface area contributed by atoms with Crippen molar-refractivity contribution in [2.45, 2.75) is 32.2 Å². The number of pyridine rings is 2. The molecule has 7 rings (SSSR count). The molecule has 194 valence electrons. The number of rotatable bonds is 7. The smallest absolute Gasteiger partial charge is 0.178 e. The van der Waals surface area contributed by atoms with Gasteiger partial charge in [0, 0.05) is 41.6 Å². The first-order valence-electron chi connectivity index (χ1n) is 13.5. The Morgan fingerprint density at radius 3 is 2.64 bits per heavy atom. The number of aromatic nitrogens is 6. The fourth-order valence-electron chi connectivity index (χ4n) is 5.64. The van der Waals surface area contributed by atoms with E-state index in [2.05, 4.69) is 48.7 Å². The molecule has 1 aliphatic carbocycles. The lowest BCUT2D eigenvalue weighted by Crippen LogP contribution is -2.20. The van der Waals surface area contributed by atoms with E-state index in [-0.39, 0.29) is 5.82 Å². The van der Waals surface area contributed by atoms with Gasteiger partial charge in [-0.15, -0.1) is 0 Å². The van der Waals surface area contributed by atoms with Crippen LogP contribution in [0, 0.1) is 11.7 Å². The van der Waals surface area contributed by atoms with Crippen molar-refractivity contribution in [2.75, 3.05) is 6.54 Å².